The van der Waals surface area contributed by atoms with Crippen molar-refractivity contribution in [1.82, 2.24) is 0 Å². The molecule has 0 aromatic heterocycles. The van der Waals surface area contributed by atoms with Crippen LogP contribution in [0.25, 0.3) is 0 Å². The fourth-order valence-corrected chi connectivity index (χ4v) is 4.28. The summed E-state index contributed by atoms with van der Waals surface area (Å²) in [5.41, 5.74) is 15.3. The number of allylic oxidation sites excluding steroid dienone is 2. The summed E-state index contributed by atoms with van der Waals surface area (Å²) < 4.78 is 0.662. The predicted octanol–water partition coefficient (Wildman–Crippen LogP) is 3.59. The zero-order valence-corrected chi connectivity index (χ0v) is 15.3. The quantitative estimate of drug-likeness (QED) is 0.796. The number of hydrogen-bond acceptors (Lipinski definition) is 5. The Morgan fingerprint density at radius 1 is 1.20 bits per heavy atom. The van der Waals surface area contributed by atoms with Gasteiger partial charge >= 0.3 is 0 Å². The highest BCUT2D eigenvalue weighted by Crippen LogP contribution is 2.45. The highest BCUT2D eigenvalue weighted by atomic mass is 79.9. The molecule has 0 amide bonds. The van der Waals surface area contributed by atoms with Crippen molar-refractivity contribution in [3.8, 4) is 12.1 Å². The number of hydrogen-bond donors (Lipinski definition) is 2. The Morgan fingerprint density at radius 2 is 1.92 bits per heavy atom. The molecule has 0 radical (unpaired) electrons. The lowest BCUT2D eigenvalue weighted by molar-refractivity contribution is 0.620. The molecule has 2 aliphatic rings. The van der Waals surface area contributed by atoms with E-state index in [1.54, 1.807) is 12.1 Å². The van der Waals surface area contributed by atoms with Crippen molar-refractivity contribution in [2.45, 2.75) is 31.6 Å². The number of nitriles is 2. The molecule has 0 spiro atoms. The van der Waals surface area contributed by atoms with E-state index in [1.807, 2.05) is 6.07 Å². The highest BCUT2D eigenvalue weighted by molar-refractivity contribution is 9.10. The van der Waals surface area contributed by atoms with Crippen LogP contribution in [0.5, 0.6) is 0 Å². The van der Waals surface area contributed by atoms with Crippen LogP contribution in [0.15, 0.2) is 50.7 Å². The van der Waals surface area contributed by atoms with E-state index in [1.165, 1.54) is 6.20 Å². The summed E-state index contributed by atoms with van der Waals surface area (Å²) in [4.78, 5) is 4.54. The lowest BCUT2D eigenvalue weighted by atomic mass is 9.79. The predicted molar refractivity (Wildman–Crippen MR) is 100 cm³/mol. The fourth-order valence-electron chi connectivity index (χ4n) is 3.70. The zero-order valence-electron chi connectivity index (χ0n) is 13.7. The molecule has 1 heterocycles. The monoisotopic (exact) mass is 395 g/mol. The van der Waals surface area contributed by atoms with Crippen LogP contribution in [0.2, 0.25) is 0 Å². The van der Waals surface area contributed by atoms with Crippen LogP contribution in [-0.2, 0) is 0 Å². The van der Waals surface area contributed by atoms with Crippen LogP contribution < -0.4 is 11.5 Å². The summed E-state index contributed by atoms with van der Waals surface area (Å²) in [5.74, 6) is 0.196. The van der Waals surface area contributed by atoms with Gasteiger partial charge in [0.05, 0.1) is 28.8 Å². The first kappa shape index (κ1) is 17.3. The Balaban J connectivity index is 2.23. The van der Waals surface area contributed by atoms with Crippen LogP contribution in [0.3, 0.4) is 0 Å². The van der Waals surface area contributed by atoms with Gasteiger partial charge in [-0.05, 0) is 40.4 Å². The summed E-state index contributed by atoms with van der Waals surface area (Å²) in [6.07, 6.45) is 5.73. The Hall–Kier alpha value is -2.57. The summed E-state index contributed by atoms with van der Waals surface area (Å²) in [7, 11) is 0. The summed E-state index contributed by atoms with van der Waals surface area (Å²) in [5, 5.41) is 19.2. The molecular formula is C19H18BrN5. The zero-order chi connectivity index (χ0) is 18.0. The van der Waals surface area contributed by atoms with E-state index in [-0.39, 0.29) is 5.92 Å². The smallest absolute Gasteiger partial charge is 0.129 e. The van der Waals surface area contributed by atoms with Crippen molar-refractivity contribution >= 4 is 21.8 Å². The number of amidine groups is 1. The van der Waals surface area contributed by atoms with E-state index < -0.39 is 5.92 Å². The van der Waals surface area contributed by atoms with E-state index in [2.05, 4.69) is 33.1 Å². The summed E-state index contributed by atoms with van der Waals surface area (Å²) in [6.45, 7) is 0. The second kappa shape index (κ2) is 7.13. The molecular weight excluding hydrogens is 378 g/mol. The Morgan fingerprint density at radius 3 is 2.52 bits per heavy atom. The number of rotatable bonds is 2. The molecule has 25 heavy (non-hydrogen) atoms. The Labute approximate surface area is 155 Å². The molecule has 5 nitrogen and oxygen atoms in total. The normalized spacial score (nSPS) is 22.6. The lowest BCUT2D eigenvalue weighted by Gasteiger charge is -2.28. The van der Waals surface area contributed by atoms with Crippen molar-refractivity contribution < 1.29 is 0 Å². The molecule has 1 atom stereocenters. The van der Waals surface area contributed by atoms with Crippen molar-refractivity contribution in [1.29, 1.82) is 10.5 Å². The molecule has 6 heteroatoms. The van der Waals surface area contributed by atoms with Gasteiger partial charge in [-0.1, -0.05) is 25.0 Å². The minimum atomic E-state index is -0.411. The van der Waals surface area contributed by atoms with E-state index in [0.717, 1.165) is 36.9 Å². The highest BCUT2D eigenvalue weighted by Gasteiger charge is 2.35. The van der Waals surface area contributed by atoms with Gasteiger partial charge in [0.1, 0.15) is 11.9 Å². The van der Waals surface area contributed by atoms with Crippen LogP contribution in [0.4, 0.5) is 0 Å². The van der Waals surface area contributed by atoms with E-state index in [4.69, 9.17) is 11.5 Å². The van der Waals surface area contributed by atoms with Gasteiger partial charge < -0.3 is 11.5 Å². The first-order valence-electron chi connectivity index (χ1n) is 8.21. The molecule has 4 N–H and O–H groups in total. The van der Waals surface area contributed by atoms with Crippen LogP contribution in [-0.4, -0.2) is 5.84 Å². The van der Waals surface area contributed by atoms with Crippen molar-refractivity contribution in [3.05, 3.63) is 56.8 Å². The molecule has 1 aliphatic carbocycles. The SMILES string of the molecule is N#CC1=C(C2CCCC2)N=C(N)/C(=C\N)C1c1cccc(C#N)c1Br. The van der Waals surface area contributed by atoms with Crippen LogP contribution in [0.1, 0.15) is 42.7 Å². The maximum absolute atomic E-state index is 9.90. The van der Waals surface area contributed by atoms with E-state index in [9.17, 15) is 10.5 Å². The minimum absolute atomic E-state index is 0.257. The molecule has 0 saturated heterocycles. The van der Waals surface area contributed by atoms with E-state index >= 15 is 0 Å². The topological polar surface area (TPSA) is 112 Å². The number of nitrogens with two attached hydrogens (primary N) is 2. The minimum Gasteiger partial charge on any atom is -0.404 e. The summed E-state index contributed by atoms with van der Waals surface area (Å²) in [6, 6.07) is 9.93. The average molecular weight is 396 g/mol. The third-order valence-corrected chi connectivity index (χ3v) is 5.80. The van der Waals surface area contributed by atoms with E-state index in [0.29, 0.717) is 27.0 Å². The van der Waals surface area contributed by atoms with Crippen molar-refractivity contribution in [2.24, 2.45) is 22.4 Å². The van der Waals surface area contributed by atoms with Gasteiger partial charge in [-0.15, -0.1) is 0 Å². The number of aliphatic imine (C=N–C) groups is 1. The third-order valence-electron chi connectivity index (χ3n) is 4.91. The molecule has 1 saturated carbocycles. The maximum atomic E-state index is 9.90. The lowest BCUT2D eigenvalue weighted by Crippen LogP contribution is -2.28. The van der Waals surface area contributed by atoms with Crippen LogP contribution in [0, 0.1) is 28.6 Å². The molecule has 1 unspecified atom stereocenters. The molecule has 1 aliphatic heterocycles. The average Bonchev–Trinajstić information content (AvgIpc) is 3.15. The second-order valence-corrected chi connectivity index (χ2v) is 7.06. The summed E-state index contributed by atoms with van der Waals surface area (Å²) >= 11 is 3.51. The van der Waals surface area contributed by atoms with Gasteiger partial charge in [0.25, 0.3) is 0 Å². The van der Waals surface area contributed by atoms with Crippen molar-refractivity contribution in [3.63, 3.8) is 0 Å². The largest absolute Gasteiger partial charge is 0.404 e. The van der Waals surface area contributed by atoms with Gasteiger partial charge in [-0.25, -0.2) is 4.99 Å². The molecule has 1 fully saturated rings. The first-order valence-corrected chi connectivity index (χ1v) is 9.00. The fraction of sp³-hybridized carbons (Fsp3) is 0.316. The van der Waals surface area contributed by atoms with Crippen LogP contribution >= 0.6 is 15.9 Å². The molecule has 1 aromatic carbocycles. The number of nitrogens with zero attached hydrogens (tertiary/aromatic N) is 3. The molecule has 3 rings (SSSR count). The van der Waals surface area contributed by atoms with Gasteiger partial charge in [0.2, 0.25) is 0 Å². The maximum Gasteiger partial charge on any atom is 0.129 e. The number of halogens is 1. The van der Waals surface area contributed by atoms with Gasteiger partial charge in [0, 0.05) is 22.2 Å². The third kappa shape index (κ3) is 2.94. The van der Waals surface area contributed by atoms with Gasteiger partial charge in [-0.3, -0.25) is 0 Å². The second-order valence-electron chi connectivity index (χ2n) is 6.26. The first-order chi connectivity index (χ1) is 12.1. The van der Waals surface area contributed by atoms with Gasteiger partial charge in [0.15, 0.2) is 0 Å². The standard InChI is InChI=1S/C19H18BrN5/c20-17-12(8-21)6-3-7-13(17)16-14(9-22)18(11-4-1-2-5-11)25-19(24)15(16)10-23/h3,6-7,10-11,16H,1-2,4-5,23H2,(H2,24,25)/b15-10-. The molecule has 126 valence electrons. The van der Waals surface area contributed by atoms with Gasteiger partial charge in [-0.2, -0.15) is 10.5 Å². The molecule has 0 bridgehead atoms. The Kier molecular flexibility index (Phi) is 4.92. The van der Waals surface area contributed by atoms with Crippen molar-refractivity contribution in [2.75, 3.05) is 0 Å². The Bertz CT molecular complexity index is 876. The molecule has 1 aromatic rings. The number of benzene rings is 1.